The largest absolute Gasteiger partial charge is 0.314 e. The number of hydrogen-bond donors (Lipinski definition) is 3. The lowest BCUT2D eigenvalue weighted by molar-refractivity contribution is 0.518. The molecule has 0 spiro atoms. The Balaban J connectivity index is 2.25. The number of hydrazine groups is 1. The van der Waals surface area contributed by atoms with Crippen molar-refractivity contribution < 1.29 is 0 Å². The van der Waals surface area contributed by atoms with Crippen LogP contribution < -0.4 is 16.6 Å². The first-order chi connectivity index (χ1) is 6.83. The minimum absolute atomic E-state index is 0.129. The van der Waals surface area contributed by atoms with Crippen molar-refractivity contribution in [3.63, 3.8) is 0 Å². The molecule has 3 unspecified atom stereocenters. The van der Waals surface area contributed by atoms with Gasteiger partial charge < -0.3 is 5.73 Å². The normalized spacial score (nSPS) is 31.3. The quantitative estimate of drug-likeness (QED) is 0.562. The first kappa shape index (κ1) is 9.09. The molecule has 72 valence electrons. The Morgan fingerprint density at radius 1 is 1.43 bits per heavy atom. The Hall–Kier alpha value is -1.48. The van der Waals surface area contributed by atoms with E-state index in [-0.39, 0.29) is 18.1 Å². The summed E-state index contributed by atoms with van der Waals surface area (Å²) in [6.45, 7) is 0. The lowest BCUT2D eigenvalue weighted by Crippen LogP contribution is -2.38. The highest BCUT2D eigenvalue weighted by Gasteiger charge is 2.35. The van der Waals surface area contributed by atoms with Gasteiger partial charge in [-0.2, -0.15) is 5.26 Å². The van der Waals surface area contributed by atoms with Gasteiger partial charge in [0.15, 0.2) is 0 Å². The van der Waals surface area contributed by atoms with Crippen molar-refractivity contribution in [1.82, 2.24) is 15.8 Å². The van der Waals surface area contributed by atoms with Crippen LogP contribution in [0.5, 0.6) is 0 Å². The number of aromatic nitrogens is 1. The molecule has 0 amide bonds. The Bertz CT molecular complexity index is 344. The fraction of sp³-hybridized carbons (Fsp3) is 0.333. The van der Waals surface area contributed by atoms with E-state index in [2.05, 4.69) is 21.9 Å². The van der Waals surface area contributed by atoms with Crippen LogP contribution in [-0.2, 0) is 0 Å². The van der Waals surface area contributed by atoms with Crippen LogP contribution in [0.25, 0.3) is 0 Å². The summed E-state index contributed by atoms with van der Waals surface area (Å²) in [5.41, 5.74) is 12.3. The third-order valence-corrected chi connectivity index (χ3v) is 2.31. The summed E-state index contributed by atoms with van der Waals surface area (Å²) in [7, 11) is 0. The van der Waals surface area contributed by atoms with E-state index in [4.69, 9.17) is 11.0 Å². The van der Waals surface area contributed by atoms with Crippen LogP contribution in [0, 0.1) is 17.2 Å². The minimum atomic E-state index is -0.341. The van der Waals surface area contributed by atoms with Crippen LogP contribution in [0.2, 0.25) is 0 Å². The average molecular weight is 189 g/mol. The van der Waals surface area contributed by atoms with Crippen LogP contribution in [0.3, 0.4) is 0 Å². The van der Waals surface area contributed by atoms with Crippen molar-refractivity contribution in [2.24, 2.45) is 11.7 Å². The van der Waals surface area contributed by atoms with E-state index < -0.39 is 0 Å². The fourth-order valence-electron chi connectivity index (χ4n) is 1.55. The standard InChI is InChI=1S/C9H11N5/c10-5-6-8(13-14-9(6)11)7-3-1-2-4-12-7/h1-4,6,8-9,13-14H,11H2. The number of nitriles is 1. The molecule has 1 fully saturated rings. The molecule has 0 aliphatic carbocycles. The van der Waals surface area contributed by atoms with Crippen molar-refractivity contribution in [1.29, 1.82) is 5.26 Å². The summed E-state index contributed by atoms with van der Waals surface area (Å²) in [4.78, 5) is 4.18. The molecular weight excluding hydrogens is 178 g/mol. The van der Waals surface area contributed by atoms with Gasteiger partial charge in [0.25, 0.3) is 0 Å². The molecule has 14 heavy (non-hydrogen) atoms. The maximum Gasteiger partial charge on any atom is 0.0980 e. The van der Waals surface area contributed by atoms with E-state index in [0.29, 0.717) is 0 Å². The summed E-state index contributed by atoms with van der Waals surface area (Å²) in [6.07, 6.45) is 1.36. The Morgan fingerprint density at radius 2 is 2.29 bits per heavy atom. The molecule has 5 heteroatoms. The lowest BCUT2D eigenvalue weighted by Gasteiger charge is -2.12. The van der Waals surface area contributed by atoms with E-state index >= 15 is 0 Å². The molecule has 5 nitrogen and oxygen atoms in total. The molecule has 0 saturated carbocycles. The van der Waals surface area contributed by atoms with Crippen LogP contribution in [0.1, 0.15) is 11.7 Å². The fourth-order valence-corrected chi connectivity index (χ4v) is 1.55. The van der Waals surface area contributed by atoms with Crippen molar-refractivity contribution in [2.45, 2.75) is 12.2 Å². The molecule has 0 radical (unpaired) electrons. The monoisotopic (exact) mass is 189 g/mol. The third-order valence-electron chi connectivity index (χ3n) is 2.31. The molecule has 2 rings (SSSR count). The van der Waals surface area contributed by atoms with Gasteiger partial charge in [-0.25, -0.2) is 10.9 Å². The highest BCUT2D eigenvalue weighted by Crippen LogP contribution is 2.24. The first-order valence-corrected chi connectivity index (χ1v) is 4.40. The first-order valence-electron chi connectivity index (χ1n) is 4.40. The number of nitrogens with two attached hydrogens (primary N) is 1. The zero-order chi connectivity index (χ0) is 9.97. The second-order valence-electron chi connectivity index (χ2n) is 3.20. The molecule has 3 atom stereocenters. The van der Waals surface area contributed by atoms with Gasteiger partial charge in [-0.3, -0.25) is 4.98 Å². The summed E-state index contributed by atoms with van der Waals surface area (Å²) >= 11 is 0. The summed E-state index contributed by atoms with van der Waals surface area (Å²) < 4.78 is 0. The van der Waals surface area contributed by atoms with Crippen LogP contribution >= 0.6 is 0 Å². The van der Waals surface area contributed by atoms with Gasteiger partial charge in [-0.15, -0.1) is 0 Å². The molecule has 2 heterocycles. The number of nitrogens with zero attached hydrogens (tertiary/aromatic N) is 2. The van der Waals surface area contributed by atoms with E-state index in [0.717, 1.165) is 5.69 Å². The van der Waals surface area contributed by atoms with Crippen LogP contribution in [0.15, 0.2) is 24.4 Å². The third kappa shape index (κ3) is 1.46. The predicted octanol–water partition coefficient (Wildman–Crippen LogP) is -0.345. The predicted molar refractivity (Wildman–Crippen MR) is 50.3 cm³/mol. The van der Waals surface area contributed by atoms with Gasteiger partial charge in [-0.05, 0) is 12.1 Å². The summed E-state index contributed by atoms with van der Waals surface area (Å²) in [5, 5.41) is 8.93. The topological polar surface area (TPSA) is 86.8 Å². The minimum Gasteiger partial charge on any atom is -0.314 e. The molecule has 1 aliphatic heterocycles. The van der Waals surface area contributed by atoms with Gasteiger partial charge in [0.05, 0.1) is 29.9 Å². The molecule has 0 bridgehead atoms. The van der Waals surface area contributed by atoms with Gasteiger partial charge in [0.2, 0.25) is 0 Å². The van der Waals surface area contributed by atoms with Crippen LogP contribution in [0.4, 0.5) is 0 Å². The average Bonchev–Trinajstić information content (AvgIpc) is 2.61. The van der Waals surface area contributed by atoms with Gasteiger partial charge in [0, 0.05) is 6.20 Å². The Labute approximate surface area is 81.9 Å². The number of pyridine rings is 1. The Kier molecular flexibility index (Phi) is 2.41. The second-order valence-corrected chi connectivity index (χ2v) is 3.20. The highest BCUT2D eigenvalue weighted by atomic mass is 15.5. The lowest BCUT2D eigenvalue weighted by atomic mass is 9.98. The maximum atomic E-state index is 8.93. The molecule has 1 aliphatic rings. The molecule has 1 aromatic rings. The van der Waals surface area contributed by atoms with Gasteiger partial charge >= 0.3 is 0 Å². The van der Waals surface area contributed by atoms with Crippen LogP contribution in [-0.4, -0.2) is 11.1 Å². The van der Waals surface area contributed by atoms with E-state index in [9.17, 15) is 0 Å². The van der Waals surface area contributed by atoms with E-state index in [1.165, 1.54) is 0 Å². The Morgan fingerprint density at radius 3 is 2.93 bits per heavy atom. The van der Waals surface area contributed by atoms with E-state index in [1.807, 2.05) is 18.2 Å². The van der Waals surface area contributed by atoms with Gasteiger partial charge in [0.1, 0.15) is 0 Å². The van der Waals surface area contributed by atoms with Crippen molar-refractivity contribution >= 4 is 0 Å². The second kappa shape index (κ2) is 3.72. The molecular formula is C9H11N5. The summed E-state index contributed by atoms with van der Waals surface area (Å²) in [5.74, 6) is -0.287. The van der Waals surface area contributed by atoms with Gasteiger partial charge in [-0.1, -0.05) is 6.07 Å². The SMILES string of the molecule is N#CC1C(N)NNC1c1ccccn1. The van der Waals surface area contributed by atoms with Crippen molar-refractivity contribution in [2.75, 3.05) is 0 Å². The summed E-state index contributed by atoms with van der Waals surface area (Å²) in [6, 6.07) is 7.65. The smallest absolute Gasteiger partial charge is 0.0980 e. The van der Waals surface area contributed by atoms with Crippen molar-refractivity contribution in [3.05, 3.63) is 30.1 Å². The van der Waals surface area contributed by atoms with Crippen molar-refractivity contribution in [3.8, 4) is 6.07 Å². The zero-order valence-corrected chi connectivity index (χ0v) is 7.51. The number of rotatable bonds is 1. The molecule has 1 saturated heterocycles. The van der Waals surface area contributed by atoms with E-state index in [1.54, 1.807) is 6.20 Å². The number of hydrogen-bond acceptors (Lipinski definition) is 5. The number of nitrogens with one attached hydrogen (secondary N) is 2. The maximum absolute atomic E-state index is 8.93. The zero-order valence-electron chi connectivity index (χ0n) is 7.51. The molecule has 0 aromatic carbocycles. The molecule has 4 N–H and O–H groups in total. The molecule has 1 aromatic heterocycles. The highest BCUT2D eigenvalue weighted by molar-refractivity contribution is 5.16.